The highest BCUT2D eigenvalue weighted by Gasteiger charge is 2.08. The Balaban J connectivity index is 1.43. The zero-order valence-corrected chi connectivity index (χ0v) is 18.7. The average Bonchev–Trinajstić information content (AvgIpc) is 3.12. The summed E-state index contributed by atoms with van der Waals surface area (Å²) in [5.41, 5.74) is 10.6. The van der Waals surface area contributed by atoms with Gasteiger partial charge in [-0.25, -0.2) is 5.43 Å². The van der Waals surface area contributed by atoms with Gasteiger partial charge in [-0.15, -0.1) is 0 Å². The lowest BCUT2D eigenvalue weighted by Gasteiger charge is -2.07. The maximum atomic E-state index is 12.2. The summed E-state index contributed by atoms with van der Waals surface area (Å²) < 4.78 is 2.22. The predicted molar refractivity (Wildman–Crippen MR) is 132 cm³/mol. The number of hydrazone groups is 1. The number of fused-ring (bicyclic) bond motifs is 1. The Morgan fingerprint density at radius 2 is 1.81 bits per heavy atom. The maximum Gasteiger partial charge on any atom is 0.259 e. The van der Waals surface area contributed by atoms with Crippen LogP contribution in [0.1, 0.15) is 27.8 Å². The summed E-state index contributed by atoms with van der Waals surface area (Å²) in [6.45, 7) is 7.17. The molecule has 2 N–H and O–H groups in total. The van der Waals surface area contributed by atoms with Crippen LogP contribution in [0.15, 0.2) is 78.0 Å². The fourth-order valence-corrected chi connectivity index (χ4v) is 3.76. The number of nitrogens with zero attached hydrogens (tertiary/aromatic N) is 2. The van der Waals surface area contributed by atoms with E-state index in [1.165, 1.54) is 22.3 Å². The van der Waals surface area contributed by atoms with Crippen molar-refractivity contribution in [1.82, 2.24) is 9.99 Å². The first kappa shape index (κ1) is 21.4. The van der Waals surface area contributed by atoms with Crippen molar-refractivity contribution in [2.24, 2.45) is 5.10 Å². The fraction of sp³-hybridized carbons (Fsp3) is 0.185. The van der Waals surface area contributed by atoms with Crippen LogP contribution in [0, 0.1) is 20.8 Å². The molecule has 0 fully saturated rings. The second-order valence-corrected chi connectivity index (χ2v) is 8.16. The number of carbonyl (C=O) groups excluding carboxylic acids is 1. The second-order valence-electron chi connectivity index (χ2n) is 8.16. The number of anilines is 1. The minimum Gasteiger partial charge on any atom is -0.376 e. The molecule has 32 heavy (non-hydrogen) atoms. The zero-order chi connectivity index (χ0) is 22.5. The van der Waals surface area contributed by atoms with Gasteiger partial charge in [0.15, 0.2) is 0 Å². The van der Waals surface area contributed by atoms with Gasteiger partial charge >= 0.3 is 0 Å². The van der Waals surface area contributed by atoms with Gasteiger partial charge in [-0.1, -0.05) is 54.1 Å². The van der Waals surface area contributed by atoms with Gasteiger partial charge in [-0.3, -0.25) is 4.79 Å². The summed E-state index contributed by atoms with van der Waals surface area (Å²) >= 11 is 0. The number of rotatable bonds is 7. The Morgan fingerprint density at radius 3 is 2.62 bits per heavy atom. The Bertz CT molecular complexity index is 1290. The van der Waals surface area contributed by atoms with Crippen molar-refractivity contribution in [1.29, 1.82) is 0 Å². The van der Waals surface area contributed by atoms with Crippen LogP contribution in [0.3, 0.4) is 0 Å². The van der Waals surface area contributed by atoms with Crippen molar-refractivity contribution in [3.05, 3.63) is 101 Å². The number of carbonyl (C=O) groups is 1. The summed E-state index contributed by atoms with van der Waals surface area (Å²) in [6, 6.07) is 22.8. The summed E-state index contributed by atoms with van der Waals surface area (Å²) in [4.78, 5) is 12.2. The number of amides is 1. The van der Waals surface area contributed by atoms with Crippen molar-refractivity contribution in [3.63, 3.8) is 0 Å². The molecule has 0 unspecified atom stereocenters. The molecular weight excluding hydrogens is 396 g/mol. The molecule has 0 saturated carbocycles. The van der Waals surface area contributed by atoms with Gasteiger partial charge in [0.05, 0.1) is 12.8 Å². The van der Waals surface area contributed by atoms with Crippen LogP contribution in [0.5, 0.6) is 0 Å². The van der Waals surface area contributed by atoms with E-state index in [9.17, 15) is 4.79 Å². The number of nitrogens with one attached hydrogen (secondary N) is 2. The summed E-state index contributed by atoms with van der Waals surface area (Å²) in [6.07, 6.45) is 3.79. The van der Waals surface area contributed by atoms with Crippen LogP contribution in [-0.4, -0.2) is 23.2 Å². The van der Waals surface area contributed by atoms with E-state index in [-0.39, 0.29) is 12.5 Å². The van der Waals surface area contributed by atoms with E-state index in [1.807, 2.05) is 30.3 Å². The molecule has 0 spiro atoms. The molecule has 1 amide bonds. The highest BCUT2D eigenvalue weighted by Crippen LogP contribution is 2.21. The first-order valence-corrected chi connectivity index (χ1v) is 10.8. The molecule has 0 radical (unpaired) electrons. The Hall–Kier alpha value is -3.86. The lowest BCUT2D eigenvalue weighted by atomic mass is 10.1. The van der Waals surface area contributed by atoms with E-state index in [0.717, 1.165) is 28.7 Å². The van der Waals surface area contributed by atoms with E-state index in [4.69, 9.17) is 0 Å². The van der Waals surface area contributed by atoms with E-state index < -0.39 is 0 Å². The molecule has 0 aliphatic heterocycles. The van der Waals surface area contributed by atoms with Gasteiger partial charge in [-0.2, -0.15) is 5.10 Å². The first-order valence-electron chi connectivity index (χ1n) is 10.8. The quantitative estimate of drug-likeness (QED) is 0.317. The zero-order valence-electron chi connectivity index (χ0n) is 18.7. The molecule has 0 atom stereocenters. The molecule has 1 heterocycles. The molecule has 3 aromatic carbocycles. The van der Waals surface area contributed by atoms with Crippen LogP contribution < -0.4 is 10.7 Å². The molecule has 4 aromatic rings. The molecule has 162 valence electrons. The molecule has 4 rings (SSSR count). The molecule has 0 bridgehead atoms. The van der Waals surface area contributed by atoms with Gasteiger partial charge < -0.3 is 9.88 Å². The number of para-hydroxylation sites is 1. The highest BCUT2D eigenvalue weighted by molar-refractivity contribution is 5.99. The number of benzene rings is 3. The monoisotopic (exact) mass is 424 g/mol. The first-order chi connectivity index (χ1) is 15.5. The minimum absolute atomic E-state index is 0.162. The third kappa shape index (κ3) is 5.06. The Morgan fingerprint density at radius 1 is 0.969 bits per heavy atom. The van der Waals surface area contributed by atoms with E-state index >= 15 is 0 Å². The Kier molecular flexibility index (Phi) is 6.36. The lowest BCUT2D eigenvalue weighted by Crippen LogP contribution is -2.25. The maximum absolute atomic E-state index is 12.2. The van der Waals surface area contributed by atoms with Crippen LogP contribution in [0.25, 0.3) is 10.9 Å². The van der Waals surface area contributed by atoms with Crippen molar-refractivity contribution < 1.29 is 4.79 Å². The van der Waals surface area contributed by atoms with Crippen LogP contribution >= 0.6 is 0 Å². The summed E-state index contributed by atoms with van der Waals surface area (Å²) in [5, 5.41) is 8.43. The standard InChI is InChI=1S/C27H28N4O/c1-19-7-6-8-22(13-19)17-31-18-23(25-9-4-5-10-26(25)31)15-29-30-27(32)16-28-24-12-11-20(2)21(3)14-24/h4-15,18,28H,16-17H2,1-3H3,(H,30,32)/b29-15-. The number of hydrogen-bond acceptors (Lipinski definition) is 3. The van der Waals surface area contributed by atoms with Crippen molar-refractivity contribution in [3.8, 4) is 0 Å². The van der Waals surface area contributed by atoms with Gasteiger partial charge in [0.25, 0.3) is 5.91 Å². The van der Waals surface area contributed by atoms with E-state index in [2.05, 4.69) is 83.8 Å². The van der Waals surface area contributed by atoms with E-state index in [1.54, 1.807) is 6.21 Å². The van der Waals surface area contributed by atoms with Crippen LogP contribution in [0.4, 0.5) is 5.69 Å². The highest BCUT2D eigenvalue weighted by atomic mass is 16.2. The topological polar surface area (TPSA) is 58.4 Å². The largest absolute Gasteiger partial charge is 0.376 e. The second kappa shape index (κ2) is 9.52. The minimum atomic E-state index is -0.192. The molecule has 0 aliphatic rings. The molecule has 5 heteroatoms. The van der Waals surface area contributed by atoms with Gasteiger partial charge in [-0.05, 0) is 55.7 Å². The number of aromatic nitrogens is 1. The molecule has 0 saturated heterocycles. The third-order valence-electron chi connectivity index (χ3n) is 5.61. The van der Waals surface area contributed by atoms with Crippen molar-refractivity contribution in [2.75, 3.05) is 11.9 Å². The molecule has 0 aliphatic carbocycles. The fourth-order valence-electron chi connectivity index (χ4n) is 3.76. The van der Waals surface area contributed by atoms with Crippen molar-refractivity contribution >= 4 is 28.7 Å². The SMILES string of the molecule is Cc1cccc(Cn2cc(/C=N\NC(=O)CNc3ccc(C)c(C)c3)c3ccccc32)c1. The molecular formula is C27H28N4O. The third-order valence-corrected chi connectivity index (χ3v) is 5.61. The predicted octanol–water partition coefficient (Wildman–Crippen LogP) is 5.18. The molecule has 1 aromatic heterocycles. The lowest BCUT2D eigenvalue weighted by molar-refractivity contribution is -0.119. The van der Waals surface area contributed by atoms with E-state index in [0.29, 0.717) is 0 Å². The van der Waals surface area contributed by atoms with Crippen LogP contribution in [-0.2, 0) is 11.3 Å². The summed E-state index contributed by atoms with van der Waals surface area (Å²) in [7, 11) is 0. The van der Waals surface area contributed by atoms with Gasteiger partial charge in [0.2, 0.25) is 0 Å². The smallest absolute Gasteiger partial charge is 0.259 e. The van der Waals surface area contributed by atoms with Crippen molar-refractivity contribution in [2.45, 2.75) is 27.3 Å². The molecule has 5 nitrogen and oxygen atoms in total. The Labute approximate surface area is 188 Å². The van der Waals surface area contributed by atoms with Gasteiger partial charge in [0.1, 0.15) is 0 Å². The number of hydrogen-bond donors (Lipinski definition) is 2. The van der Waals surface area contributed by atoms with Crippen LogP contribution in [0.2, 0.25) is 0 Å². The number of aryl methyl sites for hydroxylation is 3. The normalized spacial score (nSPS) is 11.2. The summed E-state index contributed by atoms with van der Waals surface area (Å²) in [5.74, 6) is -0.192. The van der Waals surface area contributed by atoms with Gasteiger partial charge in [0, 0.05) is 34.9 Å². The average molecular weight is 425 g/mol.